The lowest BCUT2D eigenvalue weighted by atomic mass is 9.93. The van der Waals surface area contributed by atoms with Crippen molar-refractivity contribution in [3.63, 3.8) is 0 Å². The molecular weight excluding hydrogens is 282 g/mol. The summed E-state index contributed by atoms with van der Waals surface area (Å²) in [6, 6.07) is 7.04. The van der Waals surface area contributed by atoms with Crippen LogP contribution in [0, 0.1) is 19.7 Å². The first-order valence-corrected chi connectivity index (χ1v) is 6.39. The van der Waals surface area contributed by atoms with Gasteiger partial charge in [0, 0.05) is 5.56 Å². The lowest BCUT2D eigenvalue weighted by molar-refractivity contribution is -0.137. The Labute approximate surface area is 120 Å². The maximum atomic E-state index is 13.8. The molecule has 2 aromatic carbocycles. The number of alkyl halides is 3. The molecule has 112 valence electrons. The van der Waals surface area contributed by atoms with E-state index in [-0.39, 0.29) is 5.56 Å². The van der Waals surface area contributed by atoms with Gasteiger partial charge in [-0.3, -0.25) is 0 Å². The molecule has 21 heavy (non-hydrogen) atoms. The van der Waals surface area contributed by atoms with E-state index in [0.717, 1.165) is 17.7 Å². The Kier molecular flexibility index (Phi) is 4.05. The highest BCUT2D eigenvalue weighted by molar-refractivity contribution is 5.40. The molecule has 0 fully saturated rings. The average Bonchev–Trinajstić information content (AvgIpc) is 2.39. The van der Waals surface area contributed by atoms with Gasteiger partial charge in [-0.1, -0.05) is 23.8 Å². The van der Waals surface area contributed by atoms with Gasteiger partial charge in [0.1, 0.15) is 5.82 Å². The van der Waals surface area contributed by atoms with Gasteiger partial charge in [-0.2, -0.15) is 13.2 Å². The molecule has 1 atom stereocenters. The number of nitrogens with two attached hydrogens (primary N) is 1. The van der Waals surface area contributed by atoms with Crippen molar-refractivity contribution in [1.82, 2.24) is 0 Å². The number of hydrogen-bond acceptors (Lipinski definition) is 1. The van der Waals surface area contributed by atoms with Crippen LogP contribution in [0.25, 0.3) is 0 Å². The van der Waals surface area contributed by atoms with Crippen LogP contribution in [0.2, 0.25) is 0 Å². The summed E-state index contributed by atoms with van der Waals surface area (Å²) < 4.78 is 51.8. The van der Waals surface area contributed by atoms with E-state index < -0.39 is 23.6 Å². The van der Waals surface area contributed by atoms with Crippen LogP contribution < -0.4 is 5.73 Å². The molecule has 0 radical (unpaired) electrons. The minimum Gasteiger partial charge on any atom is -0.320 e. The molecule has 2 aromatic rings. The van der Waals surface area contributed by atoms with Crippen LogP contribution in [0.5, 0.6) is 0 Å². The highest BCUT2D eigenvalue weighted by atomic mass is 19.4. The Morgan fingerprint density at radius 1 is 0.952 bits per heavy atom. The molecule has 0 saturated carbocycles. The van der Waals surface area contributed by atoms with Crippen molar-refractivity contribution >= 4 is 0 Å². The van der Waals surface area contributed by atoms with Crippen LogP contribution in [0.4, 0.5) is 17.6 Å². The Bertz CT molecular complexity index is 662. The predicted molar refractivity (Wildman–Crippen MR) is 73.3 cm³/mol. The molecule has 0 bridgehead atoms. The predicted octanol–water partition coefficient (Wildman–Crippen LogP) is 4.51. The van der Waals surface area contributed by atoms with E-state index in [0.29, 0.717) is 11.1 Å². The van der Waals surface area contributed by atoms with Crippen LogP contribution in [-0.4, -0.2) is 0 Å². The lowest BCUT2D eigenvalue weighted by Crippen LogP contribution is -2.16. The Morgan fingerprint density at radius 3 is 2.19 bits per heavy atom. The topological polar surface area (TPSA) is 26.0 Å². The number of benzene rings is 2. The van der Waals surface area contributed by atoms with Crippen LogP contribution in [-0.2, 0) is 6.18 Å². The number of aryl methyl sites for hydroxylation is 2. The smallest absolute Gasteiger partial charge is 0.320 e. The molecule has 1 nitrogen and oxygen atoms in total. The number of halogens is 4. The molecule has 0 spiro atoms. The van der Waals surface area contributed by atoms with E-state index in [9.17, 15) is 17.6 Å². The normalized spacial score (nSPS) is 13.3. The van der Waals surface area contributed by atoms with Gasteiger partial charge in [0.05, 0.1) is 11.6 Å². The second-order valence-electron chi connectivity index (χ2n) is 5.07. The van der Waals surface area contributed by atoms with Crippen molar-refractivity contribution in [3.8, 4) is 0 Å². The van der Waals surface area contributed by atoms with Gasteiger partial charge in [0.15, 0.2) is 0 Å². The fourth-order valence-corrected chi connectivity index (χ4v) is 2.27. The van der Waals surface area contributed by atoms with E-state index in [1.165, 1.54) is 19.1 Å². The first kappa shape index (κ1) is 15.5. The fourth-order valence-electron chi connectivity index (χ4n) is 2.27. The second kappa shape index (κ2) is 5.48. The summed E-state index contributed by atoms with van der Waals surface area (Å²) in [7, 11) is 0. The standard InChI is InChI=1S/C16H15F4N/c1-9-3-6-14(17)13(7-9)15(21)12-5-4-11(8-10(12)2)16(18,19)20/h3-8,15H,21H2,1-2H3. The summed E-state index contributed by atoms with van der Waals surface area (Å²) in [5.74, 6) is -0.465. The van der Waals surface area contributed by atoms with Crippen molar-refractivity contribution < 1.29 is 17.6 Å². The van der Waals surface area contributed by atoms with E-state index in [2.05, 4.69) is 0 Å². The van der Waals surface area contributed by atoms with Crippen LogP contribution in [0.15, 0.2) is 36.4 Å². The molecule has 2 N–H and O–H groups in total. The molecule has 1 unspecified atom stereocenters. The maximum absolute atomic E-state index is 13.8. The third-order valence-corrected chi connectivity index (χ3v) is 3.42. The van der Waals surface area contributed by atoms with Gasteiger partial charge in [-0.25, -0.2) is 4.39 Å². The molecule has 0 heterocycles. The molecule has 0 aliphatic carbocycles. The number of hydrogen-bond donors (Lipinski definition) is 1. The van der Waals surface area contributed by atoms with E-state index in [4.69, 9.17) is 5.73 Å². The van der Waals surface area contributed by atoms with Crippen molar-refractivity contribution in [3.05, 3.63) is 70.0 Å². The molecule has 0 amide bonds. The molecular formula is C16H15F4N. The van der Waals surface area contributed by atoms with Crippen LogP contribution >= 0.6 is 0 Å². The SMILES string of the molecule is Cc1ccc(F)c(C(N)c2ccc(C(F)(F)F)cc2C)c1. The summed E-state index contributed by atoms with van der Waals surface area (Å²) in [6.07, 6.45) is -4.40. The quantitative estimate of drug-likeness (QED) is 0.811. The third kappa shape index (κ3) is 3.24. The zero-order valence-electron chi connectivity index (χ0n) is 11.6. The largest absolute Gasteiger partial charge is 0.416 e. The molecule has 0 aliphatic rings. The summed E-state index contributed by atoms with van der Waals surface area (Å²) in [6.45, 7) is 3.34. The monoisotopic (exact) mass is 297 g/mol. The Hall–Kier alpha value is -1.88. The molecule has 0 aliphatic heterocycles. The van der Waals surface area contributed by atoms with Crippen molar-refractivity contribution in [1.29, 1.82) is 0 Å². The van der Waals surface area contributed by atoms with Gasteiger partial charge in [-0.05, 0) is 43.2 Å². The van der Waals surface area contributed by atoms with Crippen LogP contribution in [0.1, 0.15) is 33.9 Å². The fraction of sp³-hybridized carbons (Fsp3) is 0.250. The zero-order chi connectivity index (χ0) is 15.8. The molecule has 0 aromatic heterocycles. The van der Waals surface area contributed by atoms with Crippen molar-refractivity contribution in [2.24, 2.45) is 5.73 Å². The van der Waals surface area contributed by atoms with Crippen molar-refractivity contribution in [2.75, 3.05) is 0 Å². The van der Waals surface area contributed by atoms with E-state index >= 15 is 0 Å². The lowest BCUT2D eigenvalue weighted by Gasteiger charge is -2.18. The first-order chi connectivity index (χ1) is 9.70. The van der Waals surface area contributed by atoms with Crippen molar-refractivity contribution in [2.45, 2.75) is 26.1 Å². The van der Waals surface area contributed by atoms with Crippen LogP contribution in [0.3, 0.4) is 0 Å². The van der Waals surface area contributed by atoms with Gasteiger partial charge in [-0.15, -0.1) is 0 Å². The molecule has 5 heteroatoms. The van der Waals surface area contributed by atoms with E-state index in [1.807, 2.05) is 0 Å². The maximum Gasteiger partial charge on any atom is 0.416 e. The zero-order valence-corrected chi connectivity index (χ0v) is 11.6. The molecule has 2 rings (SSSR count). The van der Waals surface area contributed by atoms with Gasteiger partial charge >= 0.3 is 6.18 Å². The minimum atomic E-state index is -4.40. The summed E-state index contributed by atoms with van der Waals surface area (Å²) >= 11 is 0. The van der Waals surface area contributed by atoms with Gasteiger partial charge in [0.2, 0.25) is 0 Å². The Balaban J connectivity index is 2.44. The summed E-state index contributed by atoms with van der Waals surface area (Å²) in [4.78, 5) is 0. The number of rotatable bonds is 2. The summed E-state index contributed by atoms with van der Waals surface area (Å²) in [5, 5.41) is 0. The first-order valence-electron chi connectivity index (χ1n) is 6.39. The second-order valence-corrected chi connectivity index (χ2v) is 5.07. The highest BCUT2D eigenvalue weighted by Gasteiger charge is 2.31. The highest BCUT2D eigenvalue weighted by Crippen LogP contribution is 2.33. The summed E-state index contributed by atoms with van der Waals surface area (Å²) in [5.41, 5.74) is 7.27. The van der Waals surface area contributed by atoms with Gasteiger partial charge in [0.25, 0.3) is 0 Å². The van der Waals surface area contributed by atoms with Gasteiger partial charge < -0.3 is 5.73 Å². The Morgan fingerprint density at radius 2 is 1.62 bits per heavy atom. The minimum absolute atomic E-state index is 0.276. The van der Waals surface area contributed by atoms with E-state index in [1.54, 1.807) is 19.1 Å². The third-order valence-electron chi connectivity index (χ3n) is 3.42. The average molecular weight is 297 g/mol. The molecule has 0 saturated heterocycles.